The largest absolute Gasteiger partial charge is 0.394 e. The van der Waals surface area contributed by atoms with E-state index in [9.17, 15) is 9.90 Å². The monoisotopic (exact) mass is 424 g/mol. The summed E-state index contributed by atoms with van der Waals surface area (Å²) in [6, 6.07) is 18.3. The number of aliphatic hydroxyl groups is 1. The van der Waals surface area contributed by atoms with Crippen LogP contribution in [0.4, 0.5) is 0 Å². The van der Waals surface area contributed by atoms with Crippen molar-refractivity contribution in [1.29, 1.82) is 0 Å². The number of benzene rings is 2. The third kappa shape index (κ3) is 3.26. The van der Waals surface area contributed by atoms with Crippen LogP contribution in [0, 0.1) is 5.92 Å². The van der Waals surface area contributed by atoms with Gasteiger partial charge in [-0.15, -0.1) is 0 Å². The minimum absolute atomic E-state index is 0.0219. The summed E-state index contributed by atoms with van der Waals surface area (Å²) < 4.78 is 0. The molecule has 5 rings (SSSR count). The Morgan fingerprint density at radius 3 is 2.47 bits per heavy atom. The van der Waals surface area contributed by atoms with Crippen LogP contribution in [0.15, 0.2) is 54.6 Å². The Hall–Kier alpha value is -1.88. The molecule has 2 saturated heterocycles. The van der Waals surface area contributed by atoms with Crippen LogP contribution in [0.3, 0.4) is 0 Å². The summed E-state index contributed by atoms with van der Waals surface area (Å²) in [4.78, 5) is 17.9. The predicted octanol–water partition coefficient (Wildman–Crippen LogP) is 4.07. The zero-order chi connectivity index (χ0) is 20.7. The molecule has 2 aromatic rings. The van der Waals surface area contributed by atoms with Crippen molar-refractivity contribution in [2.45, 2.75) is 49.7 Å². The third-order valence-electron chi connectivity index (χ3n) is 7.35. The van der Waals surface area contributed by atoms with Crippen LogP contribution in [0.1, 0.15) is 42.7 Å². The highest BCUT2D eigenvalue weighted by Gasteiger charge is 2.67. The van der Waals surface area contributed by atoms with Crippen molar-refractivity contribution in [3.8, 4) is 0 Å². The number of likely N-dealkylation sites (tertiary alicyclic amines) is 2. The molecule has 0 unspecified atom stereocenters. The molecular formula is C25H29ClN2O2. The molecule has 1 spiro atoms. The Morgan fingerprint density at radius 1 is 1.07 bits per heavy atom. The lowest BCUT2D eigenvalue weighted by Gasteiger charge is -2.71. The lowest BCUT2D eigenvalue weighted by molar-refractivity contribution is -0.205. The van der Waals surface area contributed by atoms with Crippen molar-refractivity contribution in [3.05, 3.63) is 70.7 Å². The SMILES string of the molecule is O=C(C1CCCC1)N1[C@@H](CO)[C@@H](c2ccccc2)C12CN(Cc1cccc(Cl)c1)C2. The Bertz CT molecular complexity index is 906. The summed E-state index contributed by atoms with van der Waals surface area (Å²) in [6.45, 7) is 2.54. The van der Waals surface area contributed by atoms with Gasteiger partial charge >= 0.3 is 0 Å². The number of hydrogen-bond acceptors (Lipinski definition) is 3. The minimum atomic E-state index is -0.201. The molecule has 30 heavy (non-hydrogen) atoms. The summed E-state index contributed by atoms with van der Waals surface area (Å²) >= 11 is 6.16. The topological polar surface area (TPSA) is 43.8 Å². The Morgan fingerprint density at radius 2 is 1.80 bits per heavy atom. The second-order valence-corrected chi connectivity index (χ2v) is 9.64. The van der Waals surface area contributed by atoms with E-state index < -0.39 is 0 Å². The van der Waals surface area contributed by atoms with Gasteiger partial charge in [-0.05, 0) is 36.1 Å². The summed E-state index contributed by atoms with van der Waals surface area (Å²) in [5.41, 5.74) is 2.22. The number of nitrogens with zero attached hydrogens (tertiary/aromatic N) is 2. The number of rotatable bonds is 5. The van der Waals surface area contributed by atoms with Gasteiger partial charge in [-0.2, -0.15) is 0 Å². The lowest BCUT2D eigenvalue weighted by atomic mass is 9.60. The number of amides is 1. The average Bonchev–Trinajstić information content (AvgIpc) is 3.25. The van der Waals surface area contributed by atoms with E-state index in [1.54, 1.807) is 0 Å². The van der Waals surface area contributed by atoms with E-state index in [4.69, 9.17) is 11.6 Å². The molecule has 158 valence electrons. The van der Waals surface area contributed by atoms with Crippen molar-refractivity contribution >= 4 is 17.5 Å². The fraction of sp³-hybridized carbons (Fsp3) is 0.480. The van der Waals surface area contributed by atoms with Gasteiger partial charge in [0.25, 0.3) is 0 Å². The van der Waals surface area contributed by atoms with E-state index in [1.807, 2.05) is 24.3 Å². The van der Waals surface area contributed by atoms with E-state index in [0.717, 1.165) is 50.3 Å². The molecule has 1 aliphatic carbocycles. The van der Waals surface area contributed by atoms with Gasteiger partial charge in [0.05, 0.1) is 18.2 Å². The molecule has 2 heterocycles. The van der Waals surface area contributed by atoms with Crippen LogP contribution in [-0.2, 0) is 11.3 Å². The summed E-state index contributed by atoms with van der Waals surface area (Å²) in [6.07, 6.45) is 4.27. The quantitative estimate of drug-likeness (QED) is 0.786. The molecule has 3 aliphatic rings. The molecule has 2 aliphatic heterocycles. The predicted molar refractivity (Wildman–Crippen MR) is 118 cm³/mol. The second-order valence-electron chi connectivity index (χ2n) is 9.21. The van der Waals surface area contributed by atoms with Crippen LogP contribution >= 0.6 is 11.6 Å². The fourth-order valence-corrected chi connectivity index (χ4v) is 6.33. The summed E-state index contributed by atoms with van der Waals surface area (Å²) in [7, 11) is 0. The van der Waals surface area contributed by atoms with E-state index in [-0.39, 0.29) is 35.9 Å². The normalized spacial score (nSPS) is 25.9. The van der Waals surface area contributed by atoms with Crippen molar-refractivity contribution in [3.63, 3.8) is 0 Å². The van der Waals surface area contributed by atoms with E-state index in [0.29, 0.717) is 0 Å². The second kappa shape index (κ2) is 7.99. The maximum absolute atomic E-state index is 13.5. The van der Waals surface area contributed by atoms with Crippen LogP contribution in [0.5, 0.6) is 0 Å². The standard InChI is InChI=1S/C25H29ClN2O2/c26-21-12-6-7-18(13-21)14-27-16-25(17-27)23(19-8-2-1-3-9-19)22(15-29)28(25)24(30)20-10-4-5-11-20/h1-3,6-9,12-13,20,22-23,29H,4-5,10-11,14-17H2/t22-,23+/m0/s1. The molecule has 4 nitrogen and oxygen atoms in total. The number of halogens is 1. The molecule has 0 bridgehead atoms. The lowest BCUT2D eigenvalue weighted by Crippen LogP contribution is -2.85. The Balaban J connectivity index is 1.40. The van der Waals surface area contributed by atoms with Crippen LogP contribution in [-0.4, -0.2) is 52.1 Å². The molecule has 1 amide bonds. The van der Waals surface area contributed by atoms with E-state index >= 15 is 0 Å². The van der Waals surface area contributed by atoms with Gasteiger partial charge in [-0.1, -0.05) is 66.9 Å². The van der Waals surface area contributed by atoms with Crippen LogP contribution < -0.4 is 0 Å². The molecule has 2 aromatic carbocycles. The first-order chi connectivity index (χ1) is 14.6. The number of carbonyl (C=O) groups excluding carboxylic acids is 1. The number of carbonyl (C=O) groups is 1. The van der Waals surface area contributed by atoms with Gasteiger partial charge in [-0.3, -0.25) is 9.69 Å². The highest BCUT2D eigenvalue weighted by atomic mass is 35.5. The van der Waals surface area contributed by atoms with Crippen molar-refractivity contribution in [2.75, 3.05) is 19.7 Å². The maximum atomic E-state index is 13.5. The highest BCUT2D eigenvalue weighted by molar-refractivity contribution is 6.30. The van der Waals surface area contributed by atoms with Gasteiger partial charge in [0.1, 0.15) is 0 Å². The smallest absolute Gasteiger partial charge is 0.226 e. The first-order valence-electron chi connectivity index (χ1n) is 11.1. The van der Waals surface area contributed by atoms with Gasteiger partial charge in [-0.25, -0.2) is 0 Å². The van der Waals surface area contributed by atoms with Gasteiger partial charge < -0.3 is 10.0 Å². The third-order valence-corrected chi connectivity index (χ3v) is 7.59. The number of hydrogen-bond donors (Lipinski definition) is 1. The maximum Gasteiger partial charge on any atom is 0.226 e. The van der Waals surface area contributed by atoms with Gasteiger partial charge in [0, 0.05) is 36.5 Å². The zero-order valence-electron chi connectivity index (χ0n) is 17.2. The van der Waals surface area contributed by atoms with Crippen LogP contribution in [0.25, 0.3) is 0 Å². The first-order valence-corrected chi connectivity index (χ1v) is 11.5. The van der Waals surface area contributed by atoms with E-state index in [1.165, 1.54) is 11.1 Å². The highest BCUT2D eigenvalue weighted by Crippen LogP contribution is 2.55. The molecule has 1 saturated carbocycles. The Kier molecular flexibility index (Phi) is 5.34. The molecule has 5 heteroatoms. The molecule has 0 radical (unpaired) electrons. The Labute approximate surface area is 183 Å². The molecule has 1 N–H and O–H groups in total. The van der Waals surface area contributed by atoms with Gasteiger partial charge in [0.2, 0.25) is 5.91 Å². The summed E-state index contributed by atoms with van der Waals surface area (Å²) in [5.74, 6) is 0.584. The number of aliphatic hydroxyl groups excluding tert-OH is 1. The van der Waals surface area contributed by atoms with Crippen molar-refractivity contribution in [2.24, 2.45) is 5.92 Å². The van der Waals surface area contributed by atoms with Crippen molar-refractivity contribution < 1.29 is 9.90 Å². The zero-order valence-corrected chi connectivity index (χ0v) is 18.0. The van der Waals surface area contributed by atoms with Crippen molar-refractivity contribution in [1.82, 2.24) is 9.80 Å². The summed E-state index contributed by atoms with van der Waals surface area (Å²) in [5, 5.41) is 11.0. The molecule has 2 atom stereocenters. The van der Waals surface area contributed by atoms with E-state index in [2.05, 4.69) is 40.1 Å². The first kappa shape index (κ1) is 20.0. The minimum Gasteiger partial charge on any atom is -0.394 e. The van der Waals surface area contributed by atoms with Gasteiger partial charge in [0.15, 0.2) is 0 Å². The average molecular weight is 425 g/mol. The molecular weight excluding hydrogens is 396 g/mol. The fourth-order valence-electron chi connectivity index (χ4n) is 6.12. The molecule has 3 fully saturated rings. The van der Waals surface area contributed by atoms with Crippen LogP contribution in [0.2, 0.25) is 5.02 Å². The molecule has 0 aromatic heterocycles.